The fourth-order valence-corrected chi connectivity index (χ4v) is 9.20. The lowest BCUT2D eigenvalue weighted by atomic mass is 10.2. The first kappa shape index (κ1) is 21.8. The monoisotopic (exact) mass is 332 g/mol. The lowest BCUT2D eigenvalue weighted by molar-refractivity contribution is 0.242. The van der Waals surface area contributed by atoms with Crippen molar-refractivity contribution >= 4 is 8.07 Å². The van der Waals surface area contributed by atoms with Crippen LogP contribution in [0.1, 0.15) is 69.2 Å². The Balaban J connectivity index is 6.10. The second-order valence-corrected chi connectivity index (χ2v) is 13.5. The number of allylic oxidation sites excluding steroid dienone is 2. The van der Waals surface area contributed by atoms with Crippen molar-refractivity contribution in [2.24, 2.45) is 0 Å². The molecule has 0 fully saturated rings. The summed E-state index contributed by atoms with van der Waals surface area (Å²) in [4.78, 5) is 2.25. The minimum atomic E-state index is -1.77. The molecule has 130 valence electrons. The molecule has 0 aromatic carbocycles. The fourth-order valence-electron chi connectivity index (χ4n) is 3.99. The van der Waals surface area contributed by atoms with Gasteiger partial charge in [0.15, 0.2) is 0 Å². The quantitative estimate of drug-likeness (QED) is 0.352. The molecule has 2 nitrogen and oxygen atoms in total. The van der Waals surface area contributed by atoms with Crippen LogP contribution in [0.4, 0.5) is 0 Å². The van der Waals surface area contributed by atoms with Crippen LogP contribution in [-0.4, -0.2) is 25.1 Å². The molecule has 0 rings (SSSR count). The standard InChI is InChI=1S/C20H36N2Si/c1-15(2)22(16(3)4)20(11-13-21)12-14-23(17(5)6,18(7)8)19(9)10/h11,15-19H,1-10H3/b20-11+. The maximum Gasteiger partial charge on any atom is 0.146 e. The van der Waals surface area contributed by atoms with E-state index in [0.29, 0.717) is 28.7 Å². The molecule has 0 atom stereocenters. The minimum Gasteiger partial charge on any atom is -0.359 e. The molecule has 3 heteroatoms. The molecule has 0 amide bonds. The first-order valence-electron chi connectivity index (χ1n) is 8.93. The van der Waals surface area contributed by atoms with Gasteiger partial charge in [-0.3, -0.25) is 0 Å². The lowest BCUT2D eigenvalue weighted by Crippen LogP contribution is -2.43. The van der Waals surface area contributed by atoms with Crippen molar-refractivity contribution in [1.82, 2.24) is 4.90 Å². The van der Waals surface area contributed by atoms with Gasteiger partial charge in [-0.1, -0.05) is 47.5 Å². The molecule has 0 bridgehead atoms. The molecular weight excluding hydrogens is 296 g/mol. The first-order valence-corrected chi connectivity index (χ1v) is 11.2. The highest BCUT2D eigenvalue weighted by Crippen LogP contribution is 2.40. The summed E-state index contributed by atoms with van der Waals surface area (Å²) in [6.45, 7) is 22.5. The highest BCUT2D eigenvalue weighted by molar-refractivity contribution is 6.90. The van der Waals surface area contributed by atoms with Crippen LogP contribution < -0.4 is 0 Å². The van der Waals surface area contributed by atoms with Crippen molar-refractivity contribution in [1.29, 1.82) is 5.26 Å². The summed E-state index contributed by atoms with van der Waals surface area (Å²) < 4.78 is 0. The van der Waals surface area contributed by atoms with Gasteiger partial charge in [-0.2, -0.15) is 5.26 Å². The van der Waals surface area contributed by atoms with Gasteiger partial charge in [-0.25, -0.2) is 0 Å². The molecule has 0 heterocycles. The third kappa shape index (κ3) is 5.15. The Morgan fingerprint density at radius 1 is 0.826 bits per heavy atom. The molecule has 0 saturated carbocycles. The van der Waals surface area contributed by atoms with Crippen LogP contribution in [0.15, 0.2) is 11.8 Å². The Kier molecular flexibility index (Phi) is 8.71. The molecule has 0 saturated heterocycles. The third-order valence-corrected chi connectivity index (χ3v) is 11.2. The van der Waals surface area contributed by atoms with E-state index >= 15 is 0 Å². The maximum absolute atomic E-state index is 9.20. The molecule has 0 aromatic heterocycles. The Hall–Kier alpha value is -1.19. The van der Waals surface area contributed by atoms with E-state index in [1.807, 2.05) is 0 Å². The number of hydrogen-bond acceptors (Lipinski definition) is 2. The Morgan fingerprint density at radius 2 is 1.22 bits per heavy atom. The number of nitriles is 1. The first-order chi connectivity index (χ1) is 10.5. The van der Waals surface area contributed by atoms with Crippen LogP contribution >= 0.6 is 0 Å². The second-order valence-electron chi connectivity index (χ2n) is 7.90. The van der Waals surface area contributed by atoms with Gasteiger partial charge in [0.2, 0.25) is 0 Å². The smallest absolute Gasteiger partial charge is 0.146 e. The van der Waals surface area contributed by atoms with Gasteiger partial charge in [-0.15, -0.1) is 5.54 Å². The topological polar surface area (TPSA) is 27.0 Å². The molecule has 23 heavy (non-hydrogen) atoms. The molecule has 0 spiro atoms. The molecule has 0 aromatic rings. The normalized spacial score (nSPS) is 12.9. The number of rotatable bonds is 6. The zero-order chi connectivity index (χ0) is 18.4. The Bertz CT molecular complexity index is 466. The van der Waals surface area contributed by atoms with Crippen LogP contribution in [0, 0.1) is 22.8 Å². The van der Waals surface area contributed by atoms with E-state index in [9.17, 15) is 5.26 Å². The largest absolute Gasteiger partial charge is 0.359 e. The van der Waals surface area contributed by atoms with Crippen LogP contribution in [0.25, 0.3) is 0 Å². The second kappa shape index (κ2) is 9.19. The minimum absolute atomic E-state index is 0.331. The highest BCUT2D eigenvalue weighted by atomic mass is 28.3. The predicted octanol–water partition coefficient (Wildman–Crippen LogP) is 5.73. The Labute approximate surface area is 146 Å². The third-order valence-electron chi connectivity index (χ3n) is 4.87. The van der Waals surface area contributed by atoms with E-state index in [-0.39, 0.29) is 0 Å². The summed E-state index contributed by atoms with van der Waals surface area (Å²) in [5, 5.41) is 9.20. The van der Waals surface area contributed by atoms with Gasteiger partial charge >= 0.3 is 0 Å². The summed E-state index contributed by atoms with van der Waals surface area (Å²) in [5.74, 6) is 3.44. The van der Waals surface area contributed by atoms with Gasteiger partial charge in [0.05, 0.1) is 11.8 Å². The van der Waals surface area contributed by atoms with Gasteiger partial charge in [0.25, 0.3) is 0 Å². The molecule has 0 N–H and O–H groups in total. The van der Waals surface area contributed by atoms with E-state index in [1.54, 1.807) is 6.08 Å². The van der Waals surface area contributed by atoms with E-state index in [1.165, 1.54) is 0 Å². The lowest BCUT2D eigenvalue weighted by Gasteiger charge is -2.38. The highest BCUT2D eigenvalue weighted by Gasteiger charge is 2.41. The average molecular weight is 333 g/mol. The van der Waals surface area contributed by atoms with E-state index in [4.69, 9.17) is 0 Å². The van der Waals surface area contributed by atoms with Crippen molar-refractivity contribution in [3.63, 3.8) is 0 Å². The summed E-state index contributed by atoms with van der Waals surface area (Å²) in [7, 11) is -1.77. The fraction of sp³-hybridized carbons (Fsp3) is 0.750. The molecule has 0 unspecified atom stereocenters. The van der Waals surface area contributed by atoms with Crippen molar-refractivity contribution < 1.29 is 0 Å². The number of hydrogen-bond donors (Lipinski definition) is 0. The molecule has 0 radical (unpaired) electrons. The summed E-state index contributed by atoms with van der Waals surface area (Å²) in [6, 6.07) is 2.85. The van der Waals surface area contributed by atoms with Crippen LogP contribution in [0.3, 0.4) is 0 Å². The van der Waals surface area contributed by atoms with Gasteiger partial charge in [0, 0.05) is 18.2 Å². The predicted molar refractivity (Wildman–Crippen MR) is 105 cm³/mol. The van der Waals surface area contributed by atoms with E-state index in [0.717, 1.165) is 5.70 Å². The summed E-state index contributed by atoms with van der Waals surface area (Å²) in [5.41, 5.74) is 6.41. The average Bonchev–Trinajstić information content (AvgIpc) is 2.36. The summed E-state index contributed by atoms with van der Waals surface area (Å²) in [6.07, 6.45) is 1.62. The van der Waals surface area contributed by atoms with Crippen molar-refractivity contribution in [2.45, 2.75) is 97.9 Å². The van der Waals surface area contributed by atoms with Crippen molar-refractivity contribution in [2.75, 3.05) is 0 Å². The van der Waals surface area contributed by atoms with Crippen LogP contribution in [-0.2, 0) is 0 Å². The zero-order valence-electron chi connectivity index (χ0n) is 16.9. The summed E-state index contributed by atoms with van der Waals surface area (Å²) >= 11 is 0. The van der Waals surface area contributed by atoms with Gasteiger partial charge < -0.3 is 4.90 Å². The Morgan fingerprint density at radius 3 is 1.48 bits per heavy atom. The number of nitrogens with zero attached hydrogens (tertiary/aromatic N) is 2. The molecule has 0 aliphatic carbocycles. The van der Waals surface area contributed by atoms with Crippen LogP contribution in [0.2, 0.25) is 16.6 Å². The van der Waals surface area contributed by atoms with Gasteiger partial charge in [0.1, 0.15) is 8.07 Å². The van der Waals surface area contributed by atoms with Gasteiger partial charge in [-0.05, 0) is 44.3 Å². The van der Waals surface area contributed by atoms with Crippen LogP contribution in [0.5, 0.6) is 0 Å². The zero-order valence-corrected chi connectivity index (χ0v) is 17.9. The van der Waals surface area contributed by atoms with Crippen molar-refractivity contribution in [3.8, 4) is 17.5 Å². The van der Waals surface area contributed by atoms with E-state index < -0.39 is 8.07 Å². The molecule has 0 aliphatic heterocycles. The van der Waals surface area contributed by atoms with E-state index in [2.05, 4.69) is 91.7 Å². The maximum atomic E-state index is 9.20. The SMILES string of the molecule is CC(C)N(/C(C#C[Si](C(C)C)(C(C)C)C(C)C)=C/C#N)C(C)C. The molecule has 0 aliphatic rings. The van der Waals surface area contributed by atoms with Crippen molar-refractivity contribution in [3.05, 3.63) is 11.8 Å². The molecular formula is C20H36N2Si.